The molecule has 2 N–H and O–H groups in total. The van der Waals surface area contributed by atoms with Crippen molar-refractivity contribution in [2.45, 2.75) is 0 Å². The van der Waals surface area contributed by atoms with E-state index in [1.54, 1.807) is 18.2 Å². The van der Waals surface area contributed by atoms with Crippen LogP contribution >= 0.6 is 11.6 Å². The summed E-state index contributed by atoms with van der Waals surface area (Å²) in [6.45, 7) is 0.171. The Morgan fingerprint density at radius 1 is 1.15 bits per heavy atom. The molecule has 0 bridgehead atoms. The van der Waals surface area contributed by atoms with Crippen molar-refractivity contribution in [1.29, 1.82) is 0 Å². The molecule has 6 heteroatoms. The number of rotatable bonds is 2. The molecule has 0 atom stereocenters. The summed E-state index contributed by atoms with van der Waals surface area (Å²) in [4.78, 5) is 12.1. The van der Waals surface area contributed by atoms with Crippen LogP contribution in [-0.2, 0) is 0 Å². The molecule has 1 aliphatic rings. The Morgan fingerprint density at radius 3 is 2.75 bits per heavy atom. The minimum Gasteiger partial charge on any atom is -0.507 e. The van der Waals surface area contributed by atoms with Gasteiger partial charge in [0, 0.05) is 16.8 Å². The Hall–Kier alpha value is -2.40. The van der Waals surface area contributed by atoms with E-state index in [-0.39, 0.29) is 18.1 Å². The average Bonchev–Trinajstić information content (AvgIpc) is 2.85. The lowest BCUT2D eigenvalue weighted by Gasteiger charge is -2.07. The SMILES string of the molecule is O=C(Nc1ccc2c(c1)OCO2)c1ccc(Cl)cc1O. The average molecular weight is 292 g/mol. The van der Waals surface area contributed by atoms with Gasteiger partial charge in [-0.25, -0.2) is 0 Å². The molecule has 1 aliphatic heterocycles. The minimum absolute atomic E-state index is 0.145. The lowest BCUT2D eigenvalue weighted by atomic mass is 10.2. The largest absolute Gasteiger partial charge is 0.507 e. The molecule has 2 aromatic carbocycles. The maximum absolute atomic E-state index is 12.1. The second-order valence-corrected chi connectivity index (χ2v) is 4.62. The fourth-order valence-corrected chi connectivity index (χ4v) is 2.04. The van der Waals surface area contributed by atoms with Crippen LogP contribution in [0.2, 0.25) is 5.02 Å². The standard InChI is InChI=1S/C14H10ClNO4/c15-8-1-3-10(11(17)5-8)14(18)16-9-2-4-12-13(6-9)20-7-19-12/h1-6,17H,7H2,(H,16,18). The van der Waals surface area contributed by atoms with E-state index in [1.165, 1.54) is 18.2 Å². The van der Waals surface area contributed by atoms with Crippen molar-refractivity contribution in [2.24, 2.45) is 0 Å². The number of phenols is 1. The summed E-state index contributed by atoms with van der Waals surface area (Å²) in [7, 11) is 0. The molecule has 1 heterocycles. The van der Waals surface area contributed by atoms with E-state index in [0.29, 0.717) is 22.2 Å². The number of amides is 1. The quantitative estimate of drug-likeness (QED) is 0.892. The van der Waals surface area contributed by atoms with Crippen molar-refractivity contribution in [3.8, 4) is 17.2 Å². The number of carbonyl (C=O) groups is 1. The lowest BCUT2D eigenvalue weighted by Crippen LogP contribution is -2.11. The number of halogens is 1. The maximum Gasteiger partial charge on any atom is 0.259 e. The number of carbonyl (C=O) groups excluding carboxylic acids is 1. The van der Waals surface area contributed by atoms with Crippen molar-refractivity contribution in [2.75, 3.05) is 12.1 Å². The monoisotopic (exact) mass is 291 g/mol. The third-order valence-electron chi connectivity index (χ3n) is 2.83. The van der Waals surface area contributed by atoms with Crippen LogP contribution in [0.3, 0.4) is 0 Å². The molecule has 0 spiro atoms. The Bertz CT molecular complexity index is 687. The fraction of sp³-hybridized carbons (Fsp3) is 0.0714. The zero-order valence-corrected chi connectivity index (χ0v) is 11.0. The Balaban J connectivity index is 1.82. The van der Waals surface area contributed by atoms with Crippen LogP contribution in [0.15, 0.2) is 36.4 Å². The Morgan fingerprint density at radius 2 is 1.95 bits per heavy atom. The molecule has 1 amide bonds. The summed E-state index contributed by atoms with van der Waals surface area (Å²) in [6.07, 6.45) is 0. The van der Waals surface area contributed by atoms with Gasteiger partial charge in [0.25, 0.3) is 5.91 Å². The number of anilines is 1. The second kappa shape index (κ2) is 4.94. The van der Waals surface area contributed by atoms with Gasteiger partial charge >= 0.3 is 0 Å². The van der Waals surface area contributed by atoms with Crippen molar-refractivity contribution in [3.63, 3.8) is 0 Å². The summed E-state index contributed by atoms with van der Waals surface area (Å²) >= 11 is 5.72. The number of hydrogen-bond donors (Lipinski definition) is 2. The van der Waals surface area contributed by atoms with Crippen LogP contribution in [0.1, 0.15) is 10.4 Å². The summed E-state index contributed by atoms with van der Waals surface area (Å²) in [5.74, 6) is 0.606. The van der Waals surface area contributed by atoms with Crippen molar-refractivity contribution in [3.05, 3.63) is 47.0 Å². The van der Waals surface area contributed by atoms with Gasteiger partial charge in [0.2, 0.25) is 6.79 Å². The molecule has 2 aromatic rings. The highest BCUT2D eigenvalue weighted by molar-refractivity contribution is 6.31. The molecule has 0 saturated carbocycles. The van der Waals surface area contributed by atoms with Gasteiger partial charge in [0.15, 0.2) is 11.5 Å². The van der Waals surface area contributed by atoms with Gasteiger partial charge < -0.3 is 19.9 Å². The fourth-order valence-electron chi connectivity index (χ4n) is 1.87. The smallest absolute Gasteiger partial charge is 0.259 e. The van der Waals surface area contributed by atoms with Gasteiger partial charge in [-0.05, 0) is 30.3 Å². The summed E-state index contributed by atoms with van der Waals surface area (Å²) in [5.41, 5.74) is 0.695. The molecular weight excluding hydrogens is 282 g/mol. The third kappa shape index (κ3) is 2.35. The highest BCUT2D eigenvalue weighted by Gasteiger charge is 2.16. The molecular formula is C14H10ClNO4. The van der Waals surface area contributed by atoms with E-state index >= 15 is 0 Å². The second-order valence-electron chi connectivity index (χ2n) is 4.18. The van der Waals surface area contributed by atoms with E-state index in [2.05, 4.69) is 5.32 Å². The zero-order chi connectivity index (χ0) is 14.1. The van der Waals surface area contributed by atoms with Crippen LogP contribution in [0.25, 0.3) is 0 Å². The van der Waals surface area contributed by atoms with E-state index in [1.807, 2.05) is 0 Å². The number of phenolic OH excluding ortho intramolecular Hbond substituents is 1. The molecule has 0 unspecified atom stereocenters. The molecule has 0 aliphatic carbocycles. The first-order chi connectivity index (χ1) is 9.63. The summed E-state index contributed by atoms with van der Waals surface area (Å²) in [5, 5.41) is 12.7. The van der Waals surface area contributed by atoms with E-state index < -0.39 is 5.91 Å². The van der Waals surface area contributed by atoms with Crippen LogP contribution in [0, 0.1) is 0 Å². The molecule has 3 rings (SSSR count). The van der Waals surface area contributed by atoms with Gasteiger partial charge in [-0.15, -0.1) is 0 Å². The number of nitrogens with one attached hydrogen (secondary N) is 1. The molecule has 0 fully saturated rings. The van der Waals surface area contributed by atoms with Crippen molar-refractivity contribution >= 4 is 23.2 Å². The van der Waals surface area contributed by atoms with E-state index in [4.69, 9.17) is 21.1 Å². The maximum atomic E-state index is 12.1. The summed E-state index contributed by atoms with van der Waals surface area (Å²) < 4.78 is 10.4. The highest BCUT2D eigenvalue weighted by atomic mass is 35.5. The predicted octanol–water partition coefficient (Wildman–Crippen LogP) is 3.03. The van der Waals surface area contributed by atoms with E-state index in [9.17, 15) is 9.90 Å². The summed E-state index contributed by atoms with van der Waals surface area (Å²) in [6, 6.07) is 9.37. The number of benzene rings is 2. The molecule has 20 heavy (non-hydrogen) atoms. The van der Waals surface area contributed by atoms with Crippen molar-refractivity contribution < 1.29 is 19.4 Å². The van der Waals surface area contributed by atoms with Crippen LogP contribution in [0.5, 0.6) is 17.2 Å². The van der Waals surface area contributed by atoms with Crippen LogP contribution in [-0.4, -0.2) is 17.8 Å². The first kappa shape index (κ1) is 12.6. The van der Waals surface area contributed by atoms with Crippen molar-refractivity contribution in [1.82, 2.24) is 0 Å². The first-order valence-corrected chi connectivity index (χ1v) is 6.21. The molecule has 102 valence electrons. The van der Waals surface area contributed by atoms with Gasteiger partial charge in [0.1, 0.15) is 5.75 Å². The molecule has 0 radical (unpaired) electrons. The molecule has 5 nitrogen and oxygen atoms in total. The Labute approximate surface area is 119 Å². The zero-order valence-electron chi connectivity index (χ0n) is 10.2. The van der Waals surface area contributed by atoms with Crippen LogP contribution < -0.4 is 14.8 Å². The lowest BCUT2D eigenvalue weighted by molar-refractivity contribution is 0.102. The highest BCUT2D eigenvalue weighted by Crippen LogP contribution is 2.34. The topological polar surface area (TPSA) is 67.8 Å². The number of aromatic hydroxyl groups is 1. The predicted molar refractivity (Wildman–Crippen MR) is 73.6 cm³/mol. The molecule has 0 saturated heterocycles. The minimum atomic E-state index is -0.432. The number of ether oxygens (including phenoxy) is 2. The third-order valence-corrected chi connectivity index (χ3v) is 3.07. The van der Waals surface area contributed by atoms with Gasteiger partial charge in [-0.2, -0.15) is 0 Å². The van der Waals surface area contributed by atoms with Gasteiger partial charge in [-0.1, -0.05) is 11.6 Å². The van der Waals surface area contributed by atoms with E-state index in [0.717, 1.165) is 0 Å². The first-order valence-electron chi connectivity index (χ1n) is 5.83. The molecule has 0 aromatic heterocycles. The van der Waals surface area contributed by atoms with Gasteiger partial charge in [-0.3, -0.25) is 4.79 Å². The number of fused-ring (bicyclic) bond motifs is 1. The normalized spacial score (nSPS) is 12.2. The Kier molecular flexibility index (Phi) is 3.12. The number of hydrogen-bond acceptors (Lipinski definition) is 4. The van der Waals surface area contributed by atoms with Crippen LogP contribution in [0.4, 0.5) is 5.69 Å². The van der Waals surface area contributed by atoms with Gasteiger partial charge in [0.05, 0.1) is 5.56 Å².